The van der Waals surface area contributed by atoms with Gasteiger partial charge in [-0.05, 0) is 12.8 Å². The number of hydrogen-bond acceptors (Lipinski definition) is 5. The van der Waals surface area contributed by atoms with Crippen LogP contribution in [0, 0.1) is 11.3 Å². The Morgan fingerprint density at radius 1 is 1.61 bits per heavy atom. The number of rotatable bonds is 5. The molecule has 6 heteroatoms. The Hall–Kier alpha value is -2.03. The Labute approximate surface area is 106 Å². The topological polar surface area (TPSA) is 82.2 Å². The number of likely N-dealkylation sites (tertiary alicyclic amines) is 1. The molecule has 1 aliphatic heterocycles. The number of aromatic nitrogens is 1. The highest BCUT2D eigenvalue weighted by Gasteiger charge is 2.22. The SMILES string of the molecule is N#CCCNc1cc(C2CCN(C=O)CC2)no1. The van der Waals surface area contributed by atoms with Crippen LogP contribution in [0.5, 0.6) is 0 Å². The van der Waals surface area contributed by atoms with Gasteiger partial charge in [0.2, 0.25) is 12.3 Å². The lowest BCUT2D eigenvalue weighted by molar-refractivity contribution is -0.119. The van der Waals surface area contributed by atoms with Crippen molar-refractivity contribution in [2.75, 3.05) is 25.0 Å². The van der Waals surface area contributed by atoms with Gasteiger partial charge in [0.15, 0.2) is 0 Å². The number of piperidine rings is 1. The van der Waals surface area contributed by atoms with Gasteiger partial charge in [-0.2, -0.15) is 5.26 Å². The summed E-state index contributed by atoms with van der Waals surface area (Å²) in [4.78, 5) is 12.4. The van der Waals surface area contributed by atoms with Gasteiger partial charge in [0.25, 0.3) is 0 Å². The molecule has 96 valence electrons. The average Bonchev–Trinajstić information content (AvgIpc) is 2.88. The Morgan fingerprint density at radius 3 is 3.06 bits per heavy atom. The Balaban J connectivity index is 1.86. The summed E-state index contributed by atoms with van der Waals surface area (Å²) in [6.07, 6.45) is 3.17. The van der Waals surface area contributed by atoms with Crippen LogP contribution in [0.1, 0.15) is 30.9 Å². The summed E-state index contributed by atoms with van der Waals surface area (Å²) in [7, 11) is 0. The lowest BCUT2D eigenvalue weighted by Gasteiger charge is -2.27. The molecule has 0 bridgehead atoms. The molecule has 1 N–H and O–H groups in total. The molecule has 2 rings (SSSR count). The van der Waals surface area contributed by atoms with Gasteiger partial charge in [-0.1, -0.05) is 5.16 Å². The minimum absolute atomic E-state index is 0.358. The molecule has 1 aromatic heterocycles. The van der Waals surface area contributed by atoms with Crippen molar-refractivity contribution in [3.05, 3.63) is 11.8 Å². The maximum atomic E-state index is 10.6. The van der Waals surface area contributed by atoms with E-state index in [9.17, 15) is 4.79 Å². The second kappa shape index (κ2) is 6.05. The molecule has 1 aliphatic rings. The van der Waals surface area contributed by atoms with Crippen LogP contribution < -0.4 is 5.32 Å². The van der Waals surface area contributed by atoms with Gasteiger partial charge >= 0.3 is 0 Å². The second-order valence-corrected chi connectivity index (χ2v) is 4.37. The van der Waals surface area contributed by atoms with Crippen molar-refractivity contribution in [2.24, 2.45) is 0 Å². The minimum Gasteiger partial charge on any atom is -0.353 e. The highest BCUT2D eigenvalue weighted by atomic mass is 16.5. The van der Waals surface area contributed by atoms with Gasteiger partial charge in [-0.25, -0.2) is 0 Å². The summed E-state index contributed by atoms with van der Waals surface area (Å²) in [5, 5.41) is 15.5. The van der Waals surface area contributed by atoms with Gasteiger partial charge in [0, 0.05) is 31.6 Å². The third kappa shape index (κ3) is 3.00. The van der Waals surface area contributed by atoms with Crippen molar-refractivity contribution in [3.63, 3.8) is 0 Å². The maximum Gasteiger partial charge on any atom is 0.224 e. The number of carbonyl (C=O) groups is 1. The number of carbonyl (C=O) groups excluding carboxylic acids is 1. The number of hydrogen-bond donors (Lipinski definition) is 1. The third-order valence-electron chi connectivity index (χ3n) is 3.16. The molecular formula is C12H16N4O2. The second-order valence-electron chi connectivity index (χ2n) is 4.37. The van der Waals surface area contributed by atoms with Crippen molar-refractivity contribution in [1.82, 2.24) is 10.1 Å². The first-order valence-corrected chi connectivity index (χ1v) is 6.10. The van der Waals surface area contributed by atoms with E-state index in [2.05, 4.69) is 16.5 Å². The monoisotopic (exact) mass is 248 g/mol. The first kappa shape index (κ1) is 12.4. The van der Waals surface area contributed by atoms with E-state index in [1.807, 2.05) is 6.07 Å². The maximum absolute atomic E-state index is 10.6. The molecule has 0 aromatic carbocycles. The smallest absolute Gasteiger partial charge is 0.224 e. The summed E-state index contributed by atoms with van der Waals surface area (Å²) in [6, 6.07) is 3.94. The van der Waals surface area contributed by atoms with Crippen LogP contribution in [-0.2, 0) is 4.79 Å². The summed E-state index contributed by atoms with van der Waals surface area (Å²) in [5.41, 5.74) is 0.931. The standard InChI is InChI=1S/C12H16N4O2/c13-4-1-5-14-12-8-11(15-18-12)10-2-6-16(9-17)7-3-10/h8-10,14H,1-3,5-7H2. The molecule has 2 heterocycles. The Kier molecular flexibility index (Phi) is 4.18. The predicted octanol–water partition coefficient (Wildman–Crippen LogP) is 1.34. The van der Waals surface area contributed by atoms with Crippen LogP contribution in [0.4, 0.5) is 5.88 Å². The van der Waals surface area contributed by atoms with Crippen LogP contribution in [0.15, 0.2) is 10.6 Å². The average molecular weight is 248 g/mol. The summed E-state index contributed by atoms with van der Waals surface area (Å²) >= 11 is 0. The number of nitrogens with zero attached hydrogens (tertiary/aromatic N) is 3. The summed E-state index contributed by atoms with van der Waals surface area (Å²) in [5.74, 6) is 0.967. The van der Waals surface area contributed by atoms with Crippen molar-refractivity contribution >= 4 is 12.3 Å². The molecule has 0 saturated carbocycles. The molecule has 1 aromatic rings. The first-order valence-electron chi connectivity index (χ1n) is 6.10. The van der Waals surface area contributed by atoms with Gasteiger partial charge in [-0.15, -0.1) is 0 Å². The van der Waals surface area contributed by atoms with E-state index in [1.165, 1.54) is 0 Å². The molecule has 0 aliphatic carbocycles. The molecule has 6 nitrogen and oxygen atoms in total. The van der Waals surface area contributed by atoms with E-state index in [1.54, 1.807) is 4.90 Å². The van der Waals surface area contributed by atoms with Crippen LogP contribution in [0.25, 0.3) is 0 Å². The van der Waals surface area contributed by atoms with E-state index in [4.69, 9.17) is 9.78 Å². The molecule has 1 saturated heterocycles. The quantitative estimate of drug-likeness (QED) is 0.628. The van der Waals surface area contributed by atoms with E-state index in [0.29, 0.717) is 24.8 Å². The Bertz CT molecular complexity index is 430. The van der Waals surface area contributed by atoms with Crippen molar-refractivity contribution < 1.29 is 9.32 Å². The predicted molar refractivity (Wildman–Crippen MR) is 64.8 cm³/mol. The number of nitrogens with one attached hydrogen (secondary N) is 1. The Morgan fingerprint density at radius 2 is 2.39 bits per heavy atom. The fraction of sp³-hybridized carbons (Fsp3) is 0.583. The largest absolute Gasteiger partial charge is 0.353 e. The van der Waals surface area contributed by atoms with Gasteiger partial charge < -0.3 is 14.7 Å². The lowest BCUT2D eigenvalue weighted by atomic mass is 9.94. The molecule has 0 spiro atoms. The van der Waals surface area contributed by atoms with Gasteiger partial charge in [-0.3, -0.25) is 4.79 Å². The van der Waals surface area contributed by atoms with Crippen LogP contribution in [-0.4, -0.2) is 36.1 Å². The number of nitriles is 1. The zero-order valence-electron chi connectivity index (χ0n) is 10.1. The molecule has 1 fully saturated rings. The summed E-state index contributed by atoms with van der Waals surface area (Å²) in [6.45, 7) is 2.12. The van der Waals surface area contributed by atoms with Gasteiger partial charge in [0.1, 0.15) is 0 Å². The fourth-order valence-corrected chi connectivity index (χ4v) is 2.11. The normalized spacial score (nSPS) is 16.3. The summed E-state index contributed by atoms with van der Waals surface area (Å²) < 4.78 is 5.16. The van der Waals surface area contributed by atoms with Crippen molar-refractivity contribution in [1.29, 1.82) is 5.26 Å². The third-order valence-corrected chi connectivity index (χ3v) is 3.16. The van der Waals surface area contributed by atoms with Crippen molar-refractivity contribution in [3.8, 4) is 6.07 Å². The highest BCUT2D eigenvalue weighted by Crippen LogP contribution is 2.28. The van der Waals surface area contributed by atoms with E-state index >= 15 is 0 Å². The molecule has 1 amide bonds. The zero-order chi connectivity index (χ0) is 12.8. The molecule has 0 radical (unpaired) electrons. The van der Waals surface area contributed by atoms with Gasteiger partial charge in [0.05, 0.1) is 18.2 Å². The molecule has 0 atom stereocenters. The van der Waals surface area contributed by atoms with E-state index in [-0.39, 0.29) is 0 Å². The van der Waals surface area contributed by atoms with E-state index < -0.39 is 0 Å². The molecule has 18 heavy (non-hydrogen) atoms. The van der Waals surface area contributed by atoms with Crippen LogP contribution in [0.2, 0.25) is 0 Å². The number of anilines is 1. The molecule has 0 unspecified atom stereocenters. The van der Waals surface area contributed by atoms with Crippen LogP contribution in [0.3, 0.4) is 0 Å². The fourth-order valence-electron chi connectivity index (χ4n) is 2.11. The number of amides is 1. The first-order chi connectivity index (χ1) is 8.83. The zero-order valence-corrected chi connectivity index (χ0v) is 10.1. The van der Waals surface area contributed by atoms with Crippen molar-refractivity contribution in [2.45, 2.75) is 25.2 Å². The molecular weight excluding hydrogens is 232 g/mol. The minimum atomic E-state index is 0.358. The lowest BCUT2D eigenvalue weighted by Crippen LogP contribution is -2.31. The highest BCUT2D eigenvalue weighted by molar-refractivity contribution is 5.47. The van der Waals surface area contributed by atoms with E-state index in [0.717, 1.165) is 38.0 Å². The van der Waals surface area contributed by atoms with Crippen LogP contribution >= 0.6 is 0 Å².